The summed E-state index contributed by atoms with van der Waals surface area (Å²) in [5, 5.41) is 2.83. The molecule has 56 valence electrons. The smallest absolute Gasteiger partial charge is 0.234 e. The Morgan fingerprint density at radius 3 is 2.80 bits per heavy atom. The highest BCUT2D eigenvalue weighted by molar-refractivity contribution is 5.79. The van der Waals surface area contributed by atoms with Crippen molar-refractivity contribution in [3.05, 3.63) is 0 Å². The van der Waals surface area contributed by atoms with Crippen LogP contribution in [0.4, 0.5) is 0 Å². The van der Waals surface area contributed by atoms with Crippen molar-refractivity contribution in [2.24, 2.45) is 5.73 Å². The number of nitrogens with two attached hydrogens (primary N) is 1. The zero-order valence-corrected chi connectivity index (χ0v) is 6.27. The van der Waals surface area contributed by atoms with Gasteiger partial charge in [0.1, 0.15) is 0 Å². The van der Waals surface area contributed by atoms with E-state index in [4.69, 9.17) is 5.73 Å². The van der Waals surface area contributed by atoms with Crippen LogP contribution >= 0.6 is 0 Å². The van der Waals surface area contributed by atoms with Gasteiger partial charge in [0, 0.05) is 0 Å². The first-order valence-corrected chi connectivity index (χ1v) is 3.10. The van der Waals surface area contributed by atoms with E-state index in [2.05, 4.69) is 17.2 Å². The van der Waals surface area contributed by atoms with Gasteiger partial charge in [-0.25, -0.2) is 0 Å². The minimum absolute atomic E-state index is 0.291. The molecule has 0 aliphatic heterocycles. The Morgan fingerprint density at radius 1 is 1.80 bits per heavy atom. The van der Waals surface area contributed by atoms with Gasteiger partial charge in [-0.05, 0) is 13.8 Å². The Balaban J connectivity index is 3.46. The highest BCUT2D eigenvalue weighted by Gasteiger charge is 2.04. The lowest BCUT2D eigenvalue weighted by atomic mass is 10.3. The molecule has 0 aliphatic rings. The van der Waals surface area contributed by atoms with Crippen molar-refractivity contribution in [1.82, 2.24) is 5.32 Å². The lowest BCUT2D eigenvalue weighted by molar-refractivity contribution is -0.119. The summed E-state index contributed by atoms with van der Waals surface area (Å²) >= 11 is 0. The molecule has 0 radical (unpaired) electrons. The summed E-state index contributed by atoms with van der Waals surface area (Å²) in [5.74, 6) is 5.11. The van der Waals surface area contributed by atoms with Gasteiger partial charge in [0.25, 0.3) is 0 Å². The largest absolute Gasteiger partial charge is 0.368 e. The van der Waals surface area contributed by atoms with Crippen LogP contribution in [0.2, 0.25) is 0 Å². The number of hydrogen-bond acceptors (Lipinski definition) is 2. The van der Waals surface area contributed by atoms with E-state index in [9.17, 15) is 4.79 Å². The summed E-state index contributed by atoms with van der Waals surface area (Å²) in [4.78, 5) is 10.4. The molecule has 0 saturated heterocycles. The number of carbonyl (C=O) groups excluding carboxylic acids is 1. The van der Waals surface area contributed by atoms with E-state index in [1.54, 1.807) is 13.8 Å². The SMILES string of the molecule is CC#CCNC(C)C(N)=O. The van der Waals surface area contributed by atoms with Crippen molar-refractivity contribution in [3.8, 4) is 11.8 Å². The van der Waals surface area contributed by atoms with Crippen molar-refractivity contribution in [2.45, 2.75) is 19.9 Å². The van der Waals surface area contributed by atoms with E-state index in [0.717, 1.165) is 0 Å². The van der Waals surface area contributed by atoms with Crippen LogP contribution < -0.4 is 11.1 Å². The lowest BCUT2D eigenvalue weighted by Gasteiger charge is -2.04. The van der Waals surface area contributed by atoms with Crippen molar-refractivity contribution in [3.63, 3.8) is 0 Å². The molecule has 1 atom stereocenters. The average Bonchev–Trinajstić information content (AvgIpc) is 1.88. The molecule has 0 aromatic carbocycles. The molecule has 0 rings (SSSR count). The third kappa shape index (κ3) is 3.93. The van der Waals surface area contributed by atoms with Crippen LogP contribution in [0.25, 0.3) is 0 Å². The molecule has 0 aromatic heterocycles. The maximum Gasteiger partial charge on any atom is 0.234 e. The molecule has 3 nitrogen and oxygen atoms in total. The standard InChI is InChI=1S/C7H12N2O/c1-3-4-5-9-6(2)7(8)10/h6,9H,5H2,1-2H3,(H2,8,10). The second-order valence-electron chi connectivity index (χ2n) is 1.93. The highest BCUT2D eigenvalue weighted by atomic mass is 16.1. The number of carbonyl (C=O) groups is 1. The number of primary amides is 1. The summed E-state index contributed by atoms with van der Waals surface area (Å²) in [6.45, 7) is 3.97. The zero-order chi connectivity index (χ0) is 7.98. The second-order valence-corrected chi connectivity index (χ2v) is 1.93. The van der Waals surface area contributed by atoms with Crippen molar-refractivity contribution in [2.75, 3.05) is 6.54 Å². The third-order valence-electron chi connectivity index (χ3n) is 1.10. The second kappa shape index (κ2) is 4.83. The molecular formula is C7H12N2O. The average molecular weight is 140 g/mol. The van der Waals surface area contributed by atoms with Gasteiger partial charge >= 0.3 is 0 Å². The van der Waals surface area contributed by atoms with Gasteiger partial charge in [-0.2, -0.15) is 0 Å². The van der Waals surface area contributed by atoms with E-state index in [-0.39, 0.29) is 11.9 Å². The van der Waals surface area contributed by atoms with Crippen molar-refractivity contribution >= 4 is 5.91 Å². The number of nitrogens with one attached hydrogen (secondary N) is 1. The molecule has 3 N–H and O–H groups in total. The number of rotatable bonds is 3. The summed E-state index contributed by atoms with van der Waals surface area (Å²) in [5.41, 5.74) is 4.97. The fraction of sp³-hybridized carbons (Fsp3) is 0.571. The molecule has 0 bridgehead atoms. The van der Waals surface area contributed by atoms with Crippen LogP contribution in [0.3, 0.4) is 0 Å². The molecule has 0 heterocycles. The number of amides is 1. The molecular weight excluding hydrogens is 128 g/mol. The lowest BCUT2D eigenvalue weighted by Crippen LogP contribution is -2.38. The van der Waals surface area contributed by atoms with Gasteiger partial charge in [0.05, 0.1) is 12.6 Å². The van der Waals surface area contributed by atoms with Crippen molar-refractivity contribution in [1.29, 1.82) is 0 Å². The first-order valence-electron chi connectivity index (χ1n) is 3.10. The third-order valence-corrected chi connectivity index (χ3v) is 1.10. The van der Waals surface area contributed by atoms with Gasteiger partial charge in [0.2, 0.25) is 5.91 Å². The molecule has 0 spiro atoms. The van der Waals surface area contributed by atoms with E-state index < -0.39 is 0 Å². The number of hydrogen-bond donors (Lipinski definition) is 2. The maximum absolute atomic E-state index is 10.4. The Bertz CT molecular complexity index is 166. The molecule has 1 amide bonds. The maximum atomic E-state index is 10.4. The van der Waals surface area contributed by atoms with Crippen LogP contribution in [-0.2, 0) is 4.79 Å². The minimum atomic E-state index is -0.349. The molecule has 0 aliphatic carbocycles. The Labute approximate surface area is 61.0 Å². The predicted molar refractivity (Wildman–Crippen MR) is 40.1 cm³/mol. The topological polar surface area (TPSA) is 55.1 Å². The molecule has 0 aromatic rings. The van der Waals surface area contributed by atoms with E-state index in [1.165, 1.54) is 0 Å². The van der Waals surface area contributed by atoms with Crippen LogP contribution in [0, 0.1) is 11.8 Å². The molecule has 0 fully saturated rings. The van der Waals surface area contributed by atoms with Gasteiger partial charge in [-0.15, -0.1) is 5.92 Å². The minimum Gasteiger partial charge on any atom is -0.368 e. The van der Waals surface area contributed by atoms with Crippen LogP contribution in [-0.4, -0.2) is 18.5 Å². The summed E-state index contributed by atoms with van der Waals surface area (Å²) in [6.07, 6.45) is 0. The van der Waals surface area contributed by atoms with Gasteiger partial charge in [-0.3, -0.25) is 10.1 Å². The first-order chi connectivity index (χ1) is 4.68. The van der Waals surface area contributed by atoms with Crippen LogP contribution in [0.15, 0.2) is 0 Å². The van der Waals surface area contributed by atoms with Crippen LogP contribution in [0.1, 0.15) is 13.8 Å². The Morgan fingerprint density at radius 2 is 2.40 bits per heavy atom. The van der Waals surface area contributed by atoms with Gasteiger partial charge in [-0.1, -0.05) is 5.92 Å². The fourth-order valence-electron chi connectivity index (χ4n) is 0.393. The monoisotopic (exact) mass is 140 g/mol. The van der Waals surface area contributed by atoms with E-state index in [0.29, 0.717) is 6.54 Å². The fourth-order valence-corrected chi connectivity index (χ4v) is 0.393. The zero-order valence-electron chi connectivity index (χ0n) is 6.27. The summed E-state index contributed by atoms with van der Waals surface area (Å²) < 4.78 is 0. The van der Waals surface area contributed by atoms with Crippen LogP contribution in [0.5, 0.6) is 0 Å². The Kier molecular flexibility index (Phi) is 4.34. The quantitative estimate of drug-likeness (QED) is 0.518. The summed E-state index contributed by atoms with van der Waals surface area (Å²) in [6, 6.07) is -0.291. The molecule has 1 unspecified atom stereocenters. The van der Waals surface area contributed by atoms with E-state index in [1.807, 2.05) is 0 Å². The molecule has 10 heavy (non-hydrogen) atoms. The van der Waals surface area contributed by atoms with Gasteiger partial charge < -0.3 is 5.73 Å². The van der Waals surface area contributed by atoms with Crippen molar-refractivity contribution < 1.29 is 4.79 Å². The molecule has 0 saturated carbocycles. The normalized spacial score (nSPS) is 11.4. The Hall–Kier alpha value is -1.01. The summed E-state index contributed by atoms with van der Waals surface area (Å²) in [7, 11) is 0. The van der Waals surface area contributed by atoms with E-state index >= 15 is 0 Å². The molecule has 3 heteroatoms. The first kappa shape index (κ1) is 8.99. The highest BCUT2D eigenvalue weighted by Crippen LogP contribution is 1.75. The van der Waals surface area contributed by atoms with Gasteiger partial charge in [0.15, 0.2) is 0 Å². The predicted octanol–water partition coefficient (Wildman–Crippen LogP) is -0.527.